The van der Waals surface area contributed by atoms with E-state index in [2.05, 4.69) is 14.6 Å². The van der Waals surface area contributed by atoms with E-state index in [-0.39, 0.29) is 30.0 Å². The van der Waals surface area contributed by atoms with Crippen molar-refractivity contribution in [3.63, 3.8) is 0 Å². The van der Waals surface area contributed by atoms with E-state index in [9.17, 15) is 13.2 Å². The molecule has 0 saturated carbocycles. The number of amides is 1. The number of nitrogens with zero attached hydrogens (tertiary/aromatic N) is 3. The standard InChI is InChI=1S/C23H28Cl2N4O4S/c1-14(2)23(30)29(33-21-8-4-15(24)10-20(21)25)19-11-17-6-7-18(12-19)28(17)22-9-5-16(13-26-22)27-34(3,31)32/h4-5,8-10,13-14,17-19,27H,6-7,11-12H2,1-3H3/t17-,18+,19+. The Hall–Kier alpha value is -2.23. The molecule has 0 radical (unpaired) electrons. The number of rotatable bonds is 7. The summed E-state index contributed by atoms with van der Waals surface area (Å²) in [5.74, 6) is 0.857. The molecule has 3 heterocycles. The highest BCUT2D eigenvalue weighted by Crippen LogP contribution is 2.41. The zero-order valence-electron chi connectivity index (χ0n) is 19.2. The number of aromatic nitrogens is 1. The van der Waals surface area contributed by atoms with E-state index in [1.54, 1.807) is 24.3 Å². The number of anilines is 2. The molecule has 1 amide bonds. The van der Waals surface area contributed by atoms with Gasteiger partial charge in [-0.3, -0.25) is 9.52 Å². The van der Waals surface area contributed by atoms with Gasteiger partial charge in [0, 0.05) is 23.0 Å². The van der Waals surface area contributed by atoms with E-state index in [1.165, 1.54) is 11.3 Å². The number of hydrogen-bond donors (Lipinski definition) is 1. The summed E-state index contributed by atoms with van der Waals surface area (Å²) >= 11 is 12.3. The maximum absolute atomic E-state index is 13.1. The number of sulfonamides is 1. The molecule has 0 spiro atoms. The molecule has 2 saturated heterocycles. The Morgan fingerprint density at radius 1 is 1.18 bits per heavy atom. The van der Waals surface area contributed by atoms with Crippen molar-refractivity contribution in [2.24, 2.45) is 5.92 Å². The lowest BCUT2D eigenvalue weighted by atomic mass is 9.96. The Morgan fingerprint density at radius 2 is 1.85 bits per heavy atom. The number of halogens is 2. The molecule has 2 fully saturated rings. The van der Waals surface area contributed by atoms with Crippen LogP contribution in [0.5, 0.6) is 5.75 Å². The quantitative estimate of drug-likeness (QED) is 0.524. The molecule has 1 aromatic heterocycles. The highest BCUT2D eigenvalue weighted by atomic mass is 35.5. The lowest BCUT2D eigenvalue weighted by Gasteiger charge is -2.43. The molecular formula is C23H28Cl2N4O4S. The van der Waals surface area contributed by atoms with Crippen LogP contribution < -0.4 is 14.5 Å². The van der Waals surface area contributed by atoms with Crippen molar-refractivity contribution in [2.75, 3.05) is 15.9 Å². The third kappa shape index (κ3) is 5.53. The third-order valence-electron chi connectivity index (χ3n) is 6.16. The number of carbonyl (C=O) groups excluding carboxylic acids is 1. The second kappa shape index (κ2) is 9.79. The Bertz CT molecular complexity index is 1150. The van der Waals surface area contributed by atoms with Gasteiger partial charge in [0.05, 0.1) is 29.2 Å². The van der Waals surface area contributed by atoms with Crippen LogP contribution in [0.4, 0.5) is 11.5 Å². The van der Waals surface area contributed by atoms with Crippen molar-refractivity contribution in [3.05, 3.63) is 46.6 Å². The van der Waals surface area contributed by atoms with Gasteiger partial charge in [0.1, 0.15) is 5.82 Å². The topological polar surface area (TPSA) is 91.8 Å². The van der Waals surface area contributed by atoms with Crippen LogP contribution in [0.2, 0.25) is 10.0 Å². The summed E-state index contributed by atoms with van der Waals surface area (Å²) < 4.78 is 25.4. The van der Waals surface area contributed by atoms with Crippen LogP contribution in [0, 0.1) is 5.92 Å². The summed E-state index contributed by atoms with van der Waals surface area (Å²) in [5, 5.41) is 2.34. The van der Waals surface area contributed by atoms with Crippen molar-refractivity contribution in [1.29, 1.82) is 0 Å². The summed E-state index contributed by atoms with van der Waals surface area (Å²) in [6, 6.07) is 8.77. The zero-order chi connectivity index (χ0) is 24.6. The van der Waals surface area contributed by atoms with E-state index in [0.717, 1.165) is 37.8 Å². The van der Waals surface area contributed by atoms with Crippen molar-refractivity contribution >= 4 is 50.6 Å². The number of benzene rings is 1. The Kier molecular flexibility index (Phi) is 7.17. The van der Waals surface area contributed by atoms with Crippen LogP contribution in [-0.2, 0) is 14.8 Å². The number of hydroxylamine groups is 2. The molecule has 1 N–H and O–H groups in total. The van der Waals surface area contributed by atoms with Gasteiger partial charge in [0.15, 0.2) is 5.75 Å². The van der Waals surface area contributed by atoms with Crippen LogP contribution in [0.15, 0.2) is 36.5 Å². The predicted octanol–water partition coefficient (Wildman–Crippen LogP) is 4.74. The molecule has 2 aliphatic heterocycles. The van der Waals surface area contributed by atoms with Crippen molar-refractivity contribution in [1.82, 2.24) is 10.0 Å². The average molecular weight is 527 g/mol. The summed E-state index contributed by atoms with van der Waals surface area (Å²) in [6.45, 7) is 3.70. The first-order chi connectivity index (χ1) is 16.0. The monoisotopic (exact) mass is 526 g/mol. The first-order valence-electron chi connectivity index (χ1n) is 11.2. The van der Waals surface area contributed by atoms with E-state index >= 15 is 0 Å². The summed E-state index contributed by atoms with van der Waals surface area (Å²) in [4.78, 5) is 26.0. The molecule has 0 unspecified atom stereocenters. The van der Waals surface area contributed by atoms with Gasteiger partial charge in [-0.2, -0.15) is 5.06 Å². The van der Waals surface area contributed by atoms with Gasteiger partial charge in [-0.25, -0.2) is 13.4 Å². The van der Waals surface area contributed by atoms with Gasteiger partial charge < -0.3 is 9.74 Å². The minimum absolute atomic E-state index is 0.0989. The molecule has 2 aliphatic rings. The highest BCUT2D eigenvalue weighted by Gasteiger charge is 2.45. The van der Waals surface area contributed by atoms with Gasteiger partial charge in [0.25, 0.3) is 5.91 Å². The first-order valence-corrected chi connectivity index (χ1v) is 13.8. The molecule has 184 valence electrons. The number of pyridine rings is 1. The van der Waals surface area contributed by atoms with Crippen molar-refractivity contribution in [2.45, 2.75) is 57.7 Å². The number of hydrogen-bond acceptors (Lipinski definition) is 6. The molecule has 3 atom stereocenters. The van der Waals surface area contributed by atoms with Crippen molar-refractivity contribution in [3.8, 4) is 5.75 Å². The van der Waals surface area contributed by atoms with Gasteiger partial charge >= 0.3 is 0 Å². The summed E-state index contributed by atoms with van der Waals surface area (Å²) in [6.07, 6.45) is 6.06. The Labute approximate surface area is 210 Å². The van der Waals surface area contributed by atoms with Crippen LogP contribution in [-0.4, -0.2) is 48.8 Å². The molecule has 0 aliphatic carbocycles. The van der Waals surface area contributed by atoms with E-state index in [0.29, 0.717) is 21.5 Å². The predicted molar refractivity (Wildman–Crippen MR) is 134 cm³/mol. The average Bonchev–Trinajstić information content (AvgIpc) is 3.01. The molecule has 11 heteroatoms. The number of piperidine rings is 1. The maximum atomic E-state index is 13.1. The van der Waals surface area contributed by atoms with E-state index in [4.69, 9.17) is 28.0 Å². The summed E-state index contributed by atoms with van der Waals surface area (Å²) in [7, 11) is -3.36. The zero-order valence-corrected chi connectivity index (χ0v) is 21.6. The second-order valence-corrected chi connectivity index (χ2v) is 11.8. The molecule has 1 aromatic carbocycles. The third-order valence-corrected chi connectivity index (χ3v) is 7.29. The SMILES string of the molecule is CC(C)C(=O)N(Oc1ccc(Cl)cc1Cl)[C@H]1C[C@H]2CC[C@@H](C1)N2c1ccc(NS(C)(=O)=O)cn1. The molecular weight excluding hydrogens is 499 g/mol. The van der Waals surface area contributed by atoms with Crippen LogP contribution in [0.3, 0.4) is 0 Å². The molecule has 8 nitrogen and oxygen atoms in total. The van der Waals surface area contributed by atoms with Crippen LogP contribution in [0.25, 0.3) is 0 Å². The number of fused-ring (bicyclic) bond motifs is 2. The van der Waals surface area contributed by atoms with Gasteiger partial charge in [-0.1, -0.05) is 37.0 Å². The fraction of sp³-hybridized carbons (Fsp3) is 0.478. The van der Waals surface area contributed by atoms with Gasteiger partial charge in [0.2, 0.25) is 10.0 Å². The minimum Gasteiger partial charge on any atom is -0.375 e. The fourth-order valence-corrected chi connectivity index (χ4v) is 5.73. The molecule has 4 rings (SSSR count). The van der Waals surface area contributed by atoms with Crippen LogP contribution in [0.1, 0.15) is 39.5 Å². The Balaban J connectivity index is 1.53. The smallest absolute Gasteiger partial charge is 0.257 e. The Morgan fingerprint density at radius 3 is 2.38 bits per heavy atom. The van der Waals surface area contributed by atoms with Gasteiger partial charge in [-0.05, 0) is 56.0 Å². The lowest BCUT2D eigenvalue weighted by molar-refractivity contribution is -0.172. The van der Waals surface area contributed by atoms with E-state index < -0.39 is 10.0 Å². The number of carbonyl (C=O) groups is 1. The fourth-order valence-electron chi connectivity index (χ4n) is 4.74. The lowest BCUT2D eigenvalue weighted by Crippen LogP contribution is -2.54. The summed E-state index contributed by atoms with van der Waals surface area (Å²) in [5.41, 5.74) is 0.426. The number of nitrogens with one attached hydrogen (secondary N) is 1. The normalized spacial score (nSPS) is 22.1. The minimum atomic E-state index is -3.36. The molecule has 34 heavy (non-hydrogen) atoms. The van der Waals surface area contributed by atoms with Crippen LogP contribution >= 0.6 is 23.2 Å². The van der Waals surface area contributed by atoms with E-state index in [1.807, 2.05) is 19.9 Å². The molecule has 2 aromatic rings. The molecule has 2 bridgehead atoms. The first kappa shape index (κ1) is 24.9. The maximum Gasteiger partial charge on any atom is 0.257 e. The van der Waals surface area contributed by atoms with Crippen molar-refractivity contribution < 1.29 is 18.0 Å². The largest absolute Gasteiger partial charge is 0.375 e. The van der Waals surface area contributed by atoms with Gasteiger partial charge in [-0.15, -0.1) is 0 Å². The highest BCUT2D eigenvalue weighted by molar-refractivity contribution is 7.92. The second-order valence-electron chi connectivity index (χ2n) is 9.18.